The van der Waals surface area contributed by atoms with Crippen LogP contribution in [-0.2, 0) is 4.79 Å². The second-order valence-electron chi connectivity index (χ2n) is 6.18. The number of benzene rings is 2. The lowest BCUT2D eigenvalue weighted by Crippen LogP contribution is -2.30. The molecule has 4 heteroatoms. The minimum atomic E-state index is -0.613. The molecule has 128 valence electrons. The van der Waals surface area contributed by atoms with Crippen LogP contribution in [-0.4, -0.2) is 18.1 Å². The number of carbonyl (C=O) groups excluding carboxylic acids is 1. The monoisotopic (exact) mass is 327 g/mol. The van der Waals surface area contributed by atoms with Crippen LogP contribution in [0.15, 0.2) is 42.5 Å². The molecule has 0 heterocycles. The molecule has 0 saturated heterocycles. The van der Waals surface area contributed by atoms with Crippen LogP contribution in [0.25, 0.3) is 0 Å². The van der Waals surface area contributed by atoms with Gasteiger partial charge in [-0.25, -0.2) is 0 Å². The highest BCUT2D eigenvalue weighted by Gasteiger charge is 2.17. The first-order valence-electron chi connectivity index (χ1n) is 8.17. The van der Waals surface area contributed by atoms with Gasteiger partial charge in [0.15, 0.2) is 6.10 Å². The van der Waals surface area contributed by atoms with Gasteiger partial charge in [-0.05, 0) is 63.9 Å². The second kappa shape index (κ2) is 7.86. The van der Waals surface area contributed by atoms with Crippen molar-refractivity contribution in [3.63, 3.8) is 0 Å². The highest BCUT2D eigenvalue weighted by atomic mass is 16.5. The Labute approximate surface area is 143 Å². The summed E-state index contributed by atoms with van der Waals surface area (Å²) in [6.07, 6.45) is -0.579. The van der Waals surface area contributed by atoms with E-state index in [1.807, 2.05) is 70.2 Å². The smallest absolute Gasteiger partial charge is 0.265 e. The van der Waals surface area contributed by atoms with Gasteiger partial charge < -0.3 is 14.8 Å². The summed E-state index contributed by atoms with van der Waals surface area (Å²) in [6.45, 7) is 9.60. The fraction of sp³-hybridized carbons (Fsp3) is 0.350. The summed E-state index contributed by atoms with van der Waals surface area (Å²) >= 11 is 0. The van der Waals surface area contributed by atoms with Crippen molar-refractivity contribution in [1.29, 1.82) is 0 Å². The Morgan fingerprint density at radius 2 is 1.67 bits per heavy atom. The summed E-state index contributed by atoms with van der Waals surface area (Å²) in [5, 5.41) is 2.88. The van der Waals surface area contributed by atoms with E-state index in [0.29, 0.717) is 11.4 Å². The van der Waals surface area contributed by atoms with Gasteiger partial charge in [0.1, 0.15) is 11.5 Å². The zero-order chi connectivity index (χ0) is 17.7. The van der Waals surface area contributed by atoms with E-state index in [2.05, 4.69) is 5.32 Å². The van der Waals surface area contributed by atoms with Gasteiger partial charge in [0.25, 0.3) is 5.91 Å². The molecule has 0 radical (unpaired) electrons. The van der Waals surface area contributed by atoms with E-state index >= 15 is 0 Å². The second-order valence-corrected chi connectivity index (χ2v) is 6.18. The van der Waals surface area contributed by atoms with Crippen LogP contribution >= 0.6 is 0 Å². The molecule has 2 rings (SSSR count). The average Bonchev–Trinajstić information content (AvgIpc) is 2.52. The zero-order valence-corrected chi connectivity index (χ0v) is 14.9. The highest BCUT2D eigenvalue weighted by Crippen LogP contribution is 2.26. The third kappa shape index (κ3) is 4.75. The summed E-state index contributed by atoms with van der Waals surface area (Å²) in [4.78, 5) is 12.5. The lowest BCUT2D eigenvalue weighted by atomic mass is 10.1. The lowest BCUT2D eigenvalue weighted by Gasteiger charge is -2.19. The number of rotatable bonds is 6. The molecular formula is C20H25NO3. The van der Waals surface area contributed by atoms with Gasteiger partial charge in [-0.3, -0.25) is 4.79 Å². The molecule has 0 bridgehead atoms. The number of aryl methyl sites for hydroxylation is 2. The van der Waals surface area contributed by atoms with Crippen LogP contribution in [0.5, 0.6) is 11.5 Å². The fourth-order valence-corrected chi connectivity index (χ4v) is 2.24. The first-order chi connectivity index (χ1) is 11.4. The largest absolute Gasteiger partial charge is 0.489 e. The minimum absolute atomic E-state index is 0.0340. The van der Waals surface area contributed by atoms with Crippen LogP contribution in [0.2, 0.25) is 0 Å². The molecule has 0 aliphatic carbocycles. The van der Waals surface area contributed by atoms with E-state index in [-0.39, 0.29) is 12.0 Å². The summed E-state index contributed by atoms with van der Waals surface area (Å²) in [5.74, 6) is 1.17. The Morgan fingerprint density at radius 3 is 2.38 bits per heavy atom. The van der Waals surface area contributed by atoms with E-state index in [1.54, 1.807) is 6.92 Å². The van der Waals surface area contributed by atoms with E-state index < -0.39 is 6.10 Å². The fourth-order valence-electron chi connectivity index (χ4n) is 2.24. The predicted octanol–water partition coefficient (Wildman–Crippen LogP) is 4.50. The third-order valence-electron chi connectivity index (χ3n) is 3.52. The molecule has 0 aliphatic rings. The molecule has 1 atom stereocenters. The molecule has 2 aromatic rings. The van der Waals surface area contributed by atoms with Gasteiger partial charge in [-0.1, -0.05) is 24.3 Å². The van der Waals surface area contributed by atoms with Gasteiger partial charge in [0.2, 0.25) is 0 Å². The van der Waals surface area contributed by atoms with Crippen molar-refractivity contribution in [2.45, 2.75) is 46.8 Å². The molecule has 1 N–H and O–H groups in total. The molecule has 0 aliphatic heterocycles. The molecule has 4 nitrogen and oxygen atoms in total. The van der Waals surface area contributed by atoms with E-state index in [1.165, 1.54) is 0 Å². The number of anilines is 1. The molecule has 0 saturated carbocycles. The van der Waals surface area contributed by atoms with Gasteiger partial charge in [-0.2, -0.15) is 0 Å². The molecule has 0 fully saturated rings. The van der Waals surface area contributed by atoms with Gasteiger partial charge in [-0.15, -0.1) is 0 Å². The van der Waals surface area contributed by atoms with Crippen LogP contribution in [0.3, 0.4) is 0 Å². The van der Waals surface area contributed by atoms with Gasteiger partial charge >= 0.3 is 0 Å². The maximum atomic E-state index is 12.5. The first kappa shape index (κ1) is 17.9. The number of nitrogens with one attached hydrogen (secondary N) is 1. The standard InChI is InChI=1S/C20H25NO3/c1-13(2)23-18-9-7-6-8-17(18)21-20(22)16(5)24-19-12-14(3)10-11-15(19)4/h6-13,16H,1-5H3,(H,21,22). The number of carbonyl (C=O) groups is 1. The van der Waals surface area contributed by atoms with E-state index in [0.717, 1.165) is 16.9 Å². The van der Waals surface area contributed by atoms with Crippen molar-refractivity contribution in [3.8, 4) is 11.5 Å². The molecular weight excluding hydrogens is 302 g/mol. The summed E-state index contributed by atoms with van der Waals surface area (Å²) < 4.78 is 11.6. The summed E-state index contributed by atoms with van der Waals surface area (Å²) in [6, 6.07) is 13.3. The van der Waals surface area contributed by atoms with Crippen LogP contribution in [0.1, 0.15) is 31.9 Å². The molecule has 1 unspecified atom stereocenters. The molecule has 0 aromatic heterocycles. The Morgan fingerprint density at radius 1 is 0.958 bits per heavy atom. The quantitative estimate of drug-likeness (QED) is 0.850. The van der Waals surface area contributed by atoms with Crippen molar-refractivity contribution >= 4 is 11.6 Å². The number of amides is 1. The van der Waals surface area contributed by atoms with Gasteiger partial charge in [0, 0.05) is 0 Å². The van der Waals surface area contributed by atoms with Crippen LogP contribution < -0.4 is 14.8 Å². The Kier molecular flexibility index (Phi) is 5.85. The van der Waals surface area contributed by atoms with E-state index in [4.69, 9.17) is 9.47 Å². The SMILES string of the molecule is Cc1ccc(C)c(OC(C)C(=O)Nc2ccccc2OC(C)C)c1. The maximum absolute atomic E-state index is 12.5. The summed E-state index contributed by atoms with van der Waals surface area (Å²) in [7, 11) is 0. The first-order valence-corrected chi connectivity index (χ1v) is 8.17. The predicted molar refractivity (Wildman–Crippen MR) is 96.8 cm³/mol. The van der Waals surface area contributed by atoms with E-state index in [9.17, 15) is 4.79 Å². The number of hydrogen-bond donors (Lipinski definition) is 1. The average molecular weight is 327 g/mol. The van der Waals surface area contributed by atoms with Crippen LogP contribution in [0.4, 0.5) is 5.69 Å². The topological polar surface area (TPSA) is 47.6 Å². The van der Waals surface area contributed by atoms with Crippen molar-refractivity contribution in [3.05, 3.63) is 53.6 Å². The minimum Gasteiger partial charge on any atom is -0.489 e. The molecule has 24 heavy (non-hydrogen) atoms. The molecule has 2 aromatic carbocycles. The lowest BCUT2D eigenvalue weighted by molar-refractivity contribution is -0.122. The number of hydrogen-bond acceptors (Lipinski definition) is 3. The van der Waals surface area contributed by atoms with Crippen molar-refractivity contribution < 1.29 is 14.3 Å². The number of ether oxygens (including phenoxy) is 2. The normalized spacial score (nSPS) is 11.9. The number of para-hydroxylation sites is 2. The molecule has 0 spiro atoms. The van der Waals surface area contributed by atoms with Gasteiger partial charge in [0.05, 0.1) is 11.8 Å². The van der Waals surface area contributed by atoms with Crippen molar-refractivity contribution in [1.82, 2.24) is 0 Å². The van der Waals surface area contributed by atoms with Crippen molar-refractivity contribution in [2.24, 2.45) is 0 Å². The third-order valence-corrected chi connectivity index (χ3v) is 3.52. The highest BCUT2D eigenvalue weighted by molar-refractivity contribution is 5.95. The zero-order valence-electron chi connectivity index (χ0n) is 14.9. The summed E-state index contributed by atoms with van der Waals surface area (Å²) in [5.41, 5.74) is 2.75. The van der Waals surface area contributed by atoms with Crippen molar-refractivity contribution in [2.75, 3.05) is 5.32 Å². The molecule has 1 amide bonds. The van der Waals surface area contributed by atoms with Crippen LogP contribution in [0, 0.1) is 13.8 Å². The maximum Gasteiger partial charge on any atom is 0.265 e. The Hall–Kier alpha value is -2.49. The Bertz CT molecular complexity index is 710. The Balaban J connectivity index is 2.08.